The molecule has 0 N–H and O–H groups in total. The Hall–Kier alpha value is -2.37. The average Bonchev–Trinajstić information content (AvgIpc) is 2.96. The van der Waals surface area contributed by atoms with Crippen molar-refractivity contribution in [2.24, 2.45) is 0 Å². The Morgan fingerprint density at radius 1 is 1.26 bits per heavy atom. The van der Waals surface area contributed by atoms with Crippen LogP contribution in [0.2, 0.25) is 0 Å². The van der Waals surface area contributed by atoms with Crippen molar-refractivity contribution in [2.75, 3.05) is 13.7 Å². The van der Waals surface area contributed by atoms with Crippen LogP contribution in [-0.2, 0) is 17.8 Å². The third kappa shape index (κ3) is 2.93. The molecule has 0 saturated carbocycles. The molecule has 1 amide bonds. The molecule has 3 rings (SSSR count). The van der Waals surface area contributed by atoms with Gasteiger partial charge in [-0.15, -0.1) is 10.2 Å². The van der Waals surface area contributed by atoms with Gasteiger partial charge in [0.1, 0.15) is 17.6 Å². The summed E-state index contributed by atoms with van der Waals surface area (Å²) in [6.45, 7) is 5.32. The quantitative estimate of drug-likeness (QED) is 0.849. The van der Waals surface area contributed by atoms with Crippen LogP contribution >= 0.6 is 0 Å². The van der Waals surface area contributed by atoms with E-state index in [0.717, 1.165) is 35.9 Å². The smallest absolute Gasteiger partial charge is 0.245 e. The molecule has 1 aliphatic heterocycles. The molecule has 1 aliphatic rings. The summed E-state index contributed by atoms with van der Waals surface area (Å²) in [6.07, 6.45) is 1.60. The fraction of sp³-hybridized carbons (Fsp3) is 0.471. The summed E-state index contributed by atoms with van der Waals surface area (Å²) >= 11 is 0. The van der Waals surface area contributed by atoms with Gasteiger partial charge in [0.05, 0.1) is 13.7 Å². The first-order valence-corrected chi connectivity index (χ1v) is 7.98. The lowest BCUT2D eigenvalue weighted by Gasteiger charge is -2.31. The number of ether oxygens (including phenoxy) is 1. The Kier molecular flexibility index (Phi) is 4.32. The zero-order chi connectivity index (χ0) is 16.4. The van der Waals surface area contributed by atoms with Gasteiger partial charge in [-0.05, 0) is 31.0 Å². The second-order valence-corrected chi connectivity index (χ2v) is 5.86. The lowest BCUT2D eigenvalue weighted by Crippen LogP contribution is -2.42. The Morgan fingerprint density at radius 2 is 2.00 bits per heavy atom. The second-order valence-electron chi connectivity index (χ2n) is 5.86. The molecule has 0 radical (unpaired) electrons. The van der Waals surface area contributed by atoms with E-state index < -0.39 is 0 Å². The van der Waals surface area contributed by atoms with Crippen molar-refractivity contribution in [2.45, 2.75) is 39.3 Å². The molecule has 0 unspecified atom stereocenters. The molecule has 2 heterocycles. The number of carbonyl (C=O) groups is 1. The van der Waals surface area contributed by atoms with Gasteiger partial charge in [-0.25, -0.2) is 0 Å². The van der Waals surface area contributed by atoms with Crippen molar-refractivity contribution in [1.82, 2.24) is 19.7 Å². The molecule has 6 heteroatoms. The van der Waals surface area contributed by atoms with Gasteiger partial charge in [0.2, 0.25) is 5.91 Å². The molecule has 6 nitrogen and oxygen atoms in total. The van der Waals surface area contributed by atoms with E-state index in [0.29, 0.717) is 13.0 Å². The summed E-state index contributed by atoms with van der Waals surface area (Å²) < 4.78 is 7.16. The summed E-state index contributed by atoms with van der Waals surface area (Å²) in [4.78, 5) is 14.4. The number of rotatable bonds is 5. The number of methoxy groups -OCH3 is 1. The highest BCUT2D eigenvalue weighted by molar-refractivity contribution is 5.81. The Bertz CT molecular complexity index is 693. The summed E-state index contributed by atoms with van der Waals surface area (Å²) in [6, 6.07) is 7.65. The van der Waals surface area contributed by atoms with Crippen LogP contribution < -0.4 is 4.74 Å². The van der Waals surface area contributed by atoms with Crippen molar-refractivity contribution >= 4 is 5.91 Å². The molecular weight excluding hydrogens is 292 g/mol. The number of carbonyl (C=O) groups excluding carboxylic acids is 1. The summed E-state index contributed by atoms with van der Waals surface area (Å²) in [7, 11) is 1.65. The lowest BCUT2D eigenvalue weighted by atomic mass is 10.1. The Morgan fingerprint density at radius 3 is 2.65 bits per heavy atom. The van der Waals surface area contributed by atoms with Gasteiger partial charge >= 0.3 is 0 Å². The normalized spacial score (nSPS) is 17.3. The summed E-state index contributed by atoms with van der Waals surface area (Å²) in [5.74, 6) is 2.68. The first-order chi connectivity index (χ1) is 11.1. The fourth-order valence-electron chi connectivity index (χ4n) is 3.04. The van der Waals surface area contributed by atoms with Crippen LogP contribution in [0.5, 0.6) is 5.75 Å². The van der Waals surface area contributed by atoms with E-state index in [9.17, 15) is 4.79 Å². The van der Waals surface area contributed by atoms with Gasteiger partial charge in [0, 0.05) is 13.0 Å². The van der Waals surface area contributed by atoms with E-state index in [1.165, 1.54) is 0 Å². The molecule has 23 heavy (non-hydrogen) atoms. The average molecular weight is 314 g/mol. The molecule has 0 bridgehead atoms. The van der Waals surface area contributed by atoms with Gasteiger partial charge in [-0.3, -0.25) is 4.79 Å². The van der Waals surface area contributed by atoms with Crippen LogP contribution in [0.15, 0.2) is 24.3 Å². The summed E-state index contributed by atoms with van der Waals surface area (Å²) in [5, 5.41) is 8.62. The molecule has 0 saturated heterocycles. The third-order valence-corrected chi connectivity index (χ3v) is 4.24. The highest BCUT2D eigenvalue weighted by atomic mass is 16.5. The van der Waals surface area contributed by atoms with Crippen LogP contribution in [-0.4, -0.2) is 39.2 Å². The van der Waals surface area contributed by atoms with Crippen molar-refractivity contribution in [3.05, 3.63) is 41.5 Å². The molecule has 1 aromatic carbocycles. The Balaban J connectivity index is 1.84. The minimum Gasteiger partial charge on any atom is -0.497 e. The molecule has 1 aromatic heterocycles. The van der Waals surface area contributed by atoms with E-state index >= 15 is 0 Å². The van der Waals surface area contributed by atoms with E-state index in [1.807, 2.05) is 40.7 Å². The maximum absolute atomic E-state index is 12.5. The van der Waals surface area contributed by atoms with Crippen LogP contribution in [0.4, 0.5) is 0 Å². The van der Waals surface area contributed by atoms with Crippen LogP contribution in [0, 0.1) is 0 Å². The zero-order valence-electron chi connectivity index (χ0n) is 13.8. The second kappa shape index (κ2) is 6.40. The minimum absolute atomic E-state index is 0.148. The topological polar surface area (TPSA) is 60.2 Å². The maximum Gasteiger partial charge on any atom is 0.245 e. The van der Waals surface area contributed by atoms with E-state index in [4.69, 9.17) is 4.74 Å². The number of fused-ring (bicyclic) bond motifs is 1. The zero-order valence-corrected chi connectivity index (χ0v) is 13.8. The largest absolute Gasteiger partial charge is 0.497 e. The van der Waals surface area contributed by atoms with Gasteiger partial charge < -0.3 is 14.2 Å². The number of amides is 1. The maximum atomic E-state index is 12.5. The molecule has 0 aliphatic carbocycles. The van der Waals surface area contributed by atoms with Gasteiger partial charge in [0.15, 0.2) is 5.82 Å². The van der Waals surface area contributed by atoms with Gasteiger partial charge in [0.25, 0.3) is 0 Å². The van der Waals surface area contributed by atoms with Crippen LogP contribution in [0.1, 0.15) is 43.5 Å². The highest BCUT2D eigenvalue weighted by Gasteiger charge is 2.32. The number of nitrogens with zero attached hydrogens (tertiary/aromatic N) is 4. The van der Waals surface area contributed by atoms with Crippen molar-refractivity contribution in [1.29, 1.82) is 0 Å². The molecule has 122 valence electrons. The van der Waals surface area contributed by atoms with Gasteiger partial charge in [-0.2, -0.15) is 0 Å². The first kappa shape index (κ1) is 15.5. The standard InChI is InChI=1S/C17H22N4O2/c1-4-9-20-11-16-19-18-15(21(16)12(2)17(20)22)10-13-5-7-14(23-3)8-6-13/h5-8,12H,4,9-11H2,1-3H3/t12-/m1/s1. The third-order valence-electron chi connectivity index (χ3n) is 4.24. The number of aromatic nitrogens is 3. The van der Waals surface area contributed by atoms with E-state index in [2.05, 4.69) is 17.1 Å². The molecule has 0 spiro atoms. The van der Waals surface area contributed by atoms with Crippen LogP contribution in [0.25, 0.3) is 0 Å². The minimum atomic E-state index is -0.242. The SMILES string of the molecule is CCCN1Cc2nnc(Cc3ccc(OC)cc3)n2[C@H](C)C1=O. The summed E-state index contributed by atoms with van der Waals surface area (Å²) in [5.41, 5.74) is 1.12. The number of hydrogen-bond acceptors (Lipinski definition) is 4. The van der Waals surface area contributed by atoms with Gasteiger partial charge in [-0.1, -0.05) is 19.1 Å². The monoisotopic (exact) mass is 314 g/mol. The van der Waals surface area contributed by atoms with Crippen molar-refractivity contribution < 1.29 is 9.53 Å². The first-order valence-electron chi connectivity index (χ1n) is 7.98. The lowest BCUT2D eigenvalue weighted by molar-refractivity contribution is -0.137. The predicted molar refractivity (Wildman–Crippen MR) is 86.2 cm³/mol. The molecular formula is C17H22N4O2. The van der Waals surface area contributed by atoms with Crippen LogP contribution in [0.3, 0.4) is 0 Å². The molecule has 1 atom stereocenters. The van der Waals surface area contributed by atoms with E-state index in [1.54, 1.807) is 7.11 Å². The molecule has 0 fully saturated rings. The highest BCUT2D eigenvalue weighted by Crippen LogP contribution is 2.24. The van der Waals surface area contributed by atoms with Crippen molar-refractivity contribution in [3.8, 4) is 5.75 Å². The predicted octanol–water partition coefficient (Wildman–Crippen LogP) is 2.19. The number of benzene rings is 1. The molecule has 2 aromatic rings. The van der Waals surface area contributed by atoms with Crippen molar-refractivity contribution in [3.63, 3.8) is 0 Å². The Labute approximate surface area is 136 Å². The van der Waals surface area contributed by atoms with E-state index in [-0.39, 0.29) is 11.9 Å². The fourth-order valence-corrected chi connectivity index (χ4v) is 3.04. The number of hydrogen-bond donors (Lipinski definition) is 0.